The third-order valence-electron chi connectivity index (χ3n) is 1.83. The number of hydrogen-bond acceptors (Lipinski definition) is 5. The van der Waals surface area contributed by atoms with E-state index in [-0.39, 0.29) is 6.04 Å². The van der Waals surface area contributed by atoms with Crippen molar-refractivity contribution in [2.45, 2.75) is 13.0 Å². The van der Waals surface area contributed by atoms with Gasteiger partial charge in [-0.3, -0.25) is 0 Å². The summed E-state index contributed by atoms with van der Waals surface area (Å²) in [5.41, 5.74) is 6.15. The van der Waals surface area contributed by atoms with Crippen molar-refractivity contribution < 1.29 is 4.52 Å². The van der Waals surface area contributed by atoms with Gasteiger partial charge in [0.2, 0.25) is 0 Å². The van der Waals surface area contributed by atoms with Crippen molar-refractivity contribution in [3.8, 4) is 0 Å². The normalized spacial score (nSPS) is 13.0. The predicted molar refractivity (Wildman–Crippen MR) is 53.9 cm³/mol. The fourth-order valence-corrected chi connectivity index (χ4v) is 1.12. The molecule has 3 N–H and O–H groups in total. The van der Waals surface area contributed by atoms with Crippen molar-refractivity contribution in [3.63, 3.8) is 0 Å². The zero-order valence-corrected chi connectivity index (χ0v) is 7.90. The first kappa shape index (κ1) is 8.96. The van der Waals surface area contributed by atoms with Gasteiger partial charge in [-0.2, -0.15) is 4.98 Å². The Hall–Kier alpha value is -1.62. The van der Waals surface area contributed by atoms with Crippen LogP contribution in [0.1, 0.15) is 6.92 Å². The lowest BCUT2D eigenvalue weighted by atomic mass is 10.3. The summed E-state index contributed by atoms with van der Waals surface area (Å²) in [6.07, 6.45) is 1.64. The molecule has 0 fully saturated rings. The lowest BCUT2D eigenvalue weighted by Gasteiger charge is -2.06. The molecule has 0 saturated heterocycles. The molecule has 0 radical (unpaired) electrons. The summed E-state index contributed by atoms with van der Waals surface area (Å²) in [7, 11) is 0. The van der Waals surface area contributed by atoms with Crippen molar-refractivity contribution in [2.75, 3.05) is 11.9 Å². The fourth-order valence-electron chi connectivity index (χ4n) is 1.12. The Morgan fingerprint density at radius 2 is 2.43 bits per heavy atom. The number of pyridine rings is 1. The highest BCUT2D eigenvalue weighted by Crippen LogP contribution is 2.13. The molecule has 0 bridgehead atoms. The van der Waals surface area contributed by atoms with Gasteiger partial charge in [-0.05, 0) is 19.1 Å². The summed E-state index contributed by atoms with van der Waals surface area (Å²) in [6.45, 7) is 2.62. The van der Waals surface area contributed by atoms with Gasteiger partial charge >= 0.3 is 0 Å². The summed E-state index contributed by atoms with van der Waals surface area (Å²) in [5.74, 6) is 0.756. The number of fused-ring (bicyclic) bond motifs is 1. The minimum Gasteiger partial charge on any atom is -0.368 e. The van der Waals surface area contributed by atoms with Crippen molar-refractivity contribution in [2.24, 2.45) is 5.73 Å². The van der Waals surface area contributed by atoms with Crippen molar-refractivity contribution in [1.29, 1.82) is 0 Å². The summed E-state index contributed by atoms with van der Waals surface area (Å²) >= 11 is 0. The van der Waals surface area contributed by atoms with Gasteiger partial charge < -0.3 is 15.6 Å². The molecule has 0 spiro atoms. The Balaban J connectivity index is 2.17. The smallest absolute Gasteiger partial charge is 0.259 e. The first-order valence-electron chi connectivity index (χ1n) is 4.46. The van der Waals surface area contributed by atoms with Crippen LogP contribution in [0, 0.1) is 0 Å². The van der Waals surface area contributed by atoms with Crippen LogP contribution in [0.15, 0.2) is 22.9 Å². The molecule has 1 unspecified atom stereocenters. The van der Waals surface area contributed by atoms with Crippen LogP contribution in [-0.4, -0.2) is 22.7 Å². The molecule has 2 aromatic rings. The minimum atomic E-state index is 0.0993. The molecule has 5 heteroatoms. The summed E-state index contributed by atoms with van der Waals surface area (Å²) in [6, 6.07) is 3.88. The molecular formula is C9H12N4O. The van der Waals surface area contributed by atoms with Gasteiger partial charge in [0.1, 0.15) is 5.82 Å². The Kier molecular flexibility index (Phi) is 2.32. The van der Waals surface area contributed by atoms with E-state index in [1.165, 1.54) is 0 Å². The van der Waals surface area contributed by atoms with Crippen LogP contribution in [0.3, 0.4) is 0 Å². The molecule has 0 aliphatic rings. The van der Waals surface area contributed by atoms with Crippen LogP contribution < -0.4 is 11.1 Å². The van der Waals surface area contributed by atoms with Crippen molar-refractivity contribution in [1.82, 2.24) is 10.1 Å². The summed E-state index contributed by atoms with van der Waals surface area (Å²) in [4.78, 5) is 4.21. The molecule has 14 heavy (non-hydrogen) atoms. The van der Waals surface area contributed by atoms with Crippen LogP contribution in [0.2, 0.25) is 0 Å². The van der Waals surface area contributed by atoms with E-state index in [2.05, 4.69) is 15.5 Å². The number of nitrogens with one attached hydrogen (secondary N) is 1. The largest absolute Gasteiger partial charge is 0.368 e. The van der Waals surface area contributed by atoms with E-state index >= 15 is 0 Å². The Morgan fingerprint density at radius 3 is 3.21 bits per heavy atom. The molecule has 0 aromatic carbocycles. The fraction of sp³-hybridized carbons (Fsp3) is 0.333. The topological polar surface area (TPSA) is 77.0 Å². The highest BCUT2D eigenvalue weighted by Gasteiger charge is 2.01. The van der Waals surface area contributed by atoms with Crippen LogP contribution in [-0.2, 0) is 0 Å². The lowest BCUT2D eigenvalue weighted by Crippen LogP contribution is -2.25. The zero-order valence-electron chi connectivity index (χ0n) is 7.90. The zero-order chi connectivity index (χ0) is 9.97. The molecule has 0 amide bonds. The van der Waals surface area contributed by atoms with Crippen LogP contribution in [0.25, 0.3) is 11.1 Å². The Labute approximate surface area is 81.3 Å². The Bertz CT molecular complexity index is 423. The van der Waals surface area contributed by atoms with Crippen LogP contribution in [0.5, 0.6) is 0 Å². The first-order valence-corrected chi connectivity index (χ1v) is 4.46. The number of anilines is 1. The first-order chi connectivity index (χ1) is 6.75. The van der Waals surface area contributed by atoms with Gasteiger partial charge in [-0.15, -0.1) is 0 Å². The van der Waals surface area contributed by atoms with Gasteiger partial charge in [0, 0.05) is 12.6 Å². The van der Waals surface area contributed by atoms with E-state index in [4.69, 9.17) is 10.3 Å². The molecule has 0 aliphatic carbocycles. The van der Waals surface area contributed by atoms with Gasteiger partial charge in [0.15, 0.2) is 0 Å². The maximum Gasteiger partial charge on any atom is 0.259 e. The third-order valence-corrected chi connectivity index (χ3v) is 1.83. The van der Waals surface area contributed by atoms with Gasteiger partial charge in [0.25, 0.3) is 5.71 Å². The average molecular weight is 192 g/mol. The van der Waals surface area contributed by atoms with Crippen LogP contribution in [0.4, 0.5) is 5.82 Å². The number of nitrogens with zero attached hydrogens (tertiary/aromatic N) is 2. The Morgan fingerprint density at radius 1 is 1.57 bits per heavy atom. The van der Waals surface area contributed by atoms with E-state index in [1.54, 1.807) is 6.20 Å². The van der Waals surface area contributed by atoms with E-state index < -0.39 is 0 Å². The molecule has 0 aliphatic heterocycles. The molecule has 1 atom stereocenters. The molecule has 5 nitrogen and oxygen atoms in total. The second-order valence-corrected chi connectivity index (χ2v) is 3.27. The predicted octanol–water partition coefficient (Wildman–Crippen LogP) is 0.982. The number of aromatic nitrogens is 2. The van der Waals surface area contributed by atoms with E-state index in [0.29, 0.717) is 12.3 Å². The quantitative estimate of drug-likeness (QED) is 0.758. The monoisotopic (exact) mass is 192 g/mol. The average Bonchev–Trinajstić information content (AvgIpc) is 2.61. The molecule has 2 aromatic heterocycles. The third kappa shape index (κ3) is 1.82. The maximum atomic E-state index is 5.61. The second-order valence-electron chi connectivity index (χ2n) is 3.27. The summed E-state index contributed by atoms with van der Waals surface area (Å²) in [5, 5.41) is 7.65. The van der Waals surface area contributed by atoms with Gasteiger partial charge in [0.05, 0.1) is 11.6 Å². The van der Waals surface area contributed by atoms with Crippen molar-refractivity contribution in [3.05, 3.63) is 18.3 Å². The molecule has 74 valence electrons. The molecule has 2 heterocycles. The standard InChI is InChI=1S/C9H12N4O/c1-6(10)4-11-8-3-2-7-5-12-14-9(7)13-8/h2-3,5-6H,4,10H2,1H3,(H,11,13). The number of rotatable bonds is 3. The van der Waals surface area contributed by atoms with Gasteiger partial charge in [-0.1, -0.05) is 5.16 Å². The minimum absolute atomic E-state index is 0.0993. The maximum absolute atomic E-state index is 5.61. The van der Waals surface area contributed by atoms with Gasteiger partial charge in [-0.25, -0.2) is 0 Å². The number of hydrogen-bond donors (Lipinski definition) is 2. The molecular weight excluding hydrogens is 180 g/mol. The van der Waals surface area contributed by atoms with Crippen molar-refractivity contribution >= 4 is 16.9 Å². The van der Waals surface area contributed by atoms with Crippen LogP contribution >= 0.6 is 0 Å². The molecule has 0 saturated carbocycles. The SMILES string of the molecule is CC(N)CNc1ccc2cnoc2n1. The van der Waals surface area contributed by atoms with E-state index in [0.717, 1.165) is 11.2 Å². The highest BCUT2D eigenvalue weighted by molar-refractivity contribution is 5.73. The number of nitrogens with two attached hydrogens (primary N) is 1. The van der Waals surface area contributed by atoms with E-state index in [9.17, 15) is 0 Å². The summed E-state index contributed by atoms with van der Waals surface area (Å²) < 4.78 is 4.93. The highest BCUT2D eigenvalue weighted by atomic mass is 16.5. The van der Waals surface area contributed by atoms with E-state index in [1.807, 2.05) is 19.1 Å². The second kappa shape index (κ2) is 3.63. The molecule has 2 rings (SSSR count). The lowest BCUT2D eigenvalue weighted by molar-refractivity contribution is 0.449.